The molecule has 14 heavy (non-hydrogen) atoms. The molecule has 0 aliphatic heterocycles. The molecule has 0 aliphatic carbocycles. The third kappa shape index (κ3) is 2.91. The monoisotopic (exact) mass is 210 g/mol. The molecule has 5 nitrogen and oxygen atoms in total. The summed E-state index contributed by atoms with van der Waals surface area (Å²) in [5.74, 6) is 0. The number of rotatable bonds is 2. The van der Waals surface area contributed by atoms with Crippen LogP contribution in [0.5, 0.6) is 0 Å². The molecule has 0 aromatic heterocycles. The lowest BCUT2D eigenvalue weighted by molar-refractivity contribution is 0.259. The summed E-state index contributed by atoms with van der Waals surface area (Å²) in [6, 6.07) is 6.32. The van der Waals surface area contributed by atoms with Crippen molar-refractivity contribution in [1.82, 2.24) is 0 Å². The Labute approximate surface area is 86.5 Å². The number of carbonyl (C=O) groups is 1. The van der Waals surface area contributed by atoms with E-state index in [0.717, 1.165) is 0 Å². The second-order valence-electron chi connectivity index (χ2n) is 2.52. The molecular formula is C8H10N4OS. The third-order valence-corrected chi connectivity index (χ3v) is 1.54. The van der Waals surface area contributed by atoms with Gasteiger partial charge in [0, 0.05) is 0 Å². The summed E-state index contributed by atoms with van der Waals surface area (Å²) in [7, 11) is 0. The maximum atomic E-state index is 10.6. The van der Waals surface area contributed by atoms with Gasteiger partial charge in [0.15, 0.2) is 5.11 Å². The van der Waals surface area contributed by atoms with Crippen molar-refractivity contribution in [3.63, 3.8) is 0 Å². The zero-order valence-electron chi connectivity index (χ0n) is 7.28. The van der Waals surface area contributed by atoms with Crippen LogP contribution in [0.1, 0.15) is 0 Å². The maximum absolute atomic E-state index is 10.6. The van der Waals surface area contributed by atoms with Gasteiger partial charge in [0.1, 0.15) is 0 Å². The first-order valence-corrected chi connectivity index (χ1v) is 4.22. The van der Waals surface area contributed by atoms with Crippen molar-refractivity contribution in [2.45, 2.75) is 0 Å². The molecule has 0 fully saturated rings. The first-order chi connectivity index (χ1) is 6.59. The number of nitrogens with one attached hydrogen (secondary N) is 2. The Bertz CT molecular complexity index is 331. The lowest BCUT2D eigenvalue weighted by atomic mass is 10.2. The summed E-state index contributed by atoms with van der Waals surface area (Å²) in [5, 5.41) is 5.29. The highest BCUT2D eigenvalue weighted by atomic mass is 32.1. The quantitative estimate of drug-likeness (QED) is 0.544. The zero-order chi connectivity index (χ0) is 10.6. The molecule has 2 amide bonds. The molecule has 74 valence electrons. The maximum Gasteiger partial charge on any atom is 0.316 e. The largest absolute Gasteiger partial charge is 0.376 e. The van der Waals surface area contributed by atoms with Gasteiger partial charge in [-0.05, 0) is 24.4 Å². The minimum absolute atomic E-state index is 0.128. The SMILES string of the molecule is NC(=O)Nc1ccccc1NC(N)=S. The number of thiocarbonyl (C=S) groups is 1. The minimum atomic E-state index is -0.637. The molecule has 6 N–H and O–H groups in total. The molecule has 0 unspecified atom stereocenters. The Kier molecular flexibility index (Phi) is 3.24. The smallest absolute Gasteiger partial charge is 0.316 e. The highest BCUT2D eigenvalue weighted by molar-refractivity contribution is 7.80. The molecule has 6 heteroatoms. The number of urea groups is 1. The van der Waals surface area contributed by atoms with E-state index < -0.39 is 6.03 Å². The number of hydrogen-bond acceptors (Lipinski definition) is 2. The molecule has 0 aliphatic rings. The molecule has 1 aromatic rings. The van der Waals surface area contributed by atoms with Gasteiger partial charge >= 0.3 is 6.03 Å². The normalized spacial score (nSPS) is 9.14. The predicted octanol–water partition coefficient (Wildman–Crippen LogP) is 0.833. The van der Waals surface area contributed by atoms with E-state index in [1.165, 1.54) is 0 Å². The van der Waals surface area contributed by atoms with Crippen LogP contribution in [0.3, 0.4) is 0 Å². The summed E-state index contributed by atoms with van der Waals surface area (Å²) in [5.41, 5.74) is 11.4. The van der Waals surface area contributed by atoms with Gasteiger partial charge in [0.2, 0.25) is 0 Å². The van der Waals surface area contributed by atoms with E-state index in [1.54, 1.807) is 24.3 Å². The van der Waals surface area contributed by atoms with Crippen molar-refractivity contribution in [3.05, 3.63) is 24.3 Å². The van der Waals surface area contributed by atoms with Crippen molar-refractivity contribution in [3.8, 4) is 0 Å². The van der Waals surface area contributed by atoms with Crippen LogP contribution in [-0.2, 0) is 0 Å². The van der Waals surface area contributed by atoms with Crippen LogP contribution >= 0.6 is 12.2 Å². The molecule has 0 spiro atoms. The second-order valence-corrected chi connectivity index (χ2v) is 2.96. The molecule has 0 heterocycles. The van der Waals surface area contributed by atoms with Crippen LogP contribution in [0.4, 0.5) is 16.2 Å². The molecule has 0 bridgehead atoms. The molecule has 1 aromatic carbocycles. The van der Waals surface area contributed by atoms with Crippen LogP contribution in [0.25, 0.3) is 0 Å². The number of nitrogens with two attached hydrogens (primary N) is 2. The summed E-state index contributed by atoms with van der Waals surface area (Å²) in [4.78, 5) is 10.6. The molecule has 0 radical (unpaired) electrons. The fraction of sp³-hybridized carbons (Fsp3) is 0. The highest BCUT2D eigenvalue weighted by Crippen LogP contribution is 2.20. The summed E-state index contributed by atoms with van der Waals surface area (Å²) < 4.78 is 0. The lowest BCUT2D eigenvalue weighted by Gasteiger charge is -2.09. The fourth-order valence-corrected chi connectivity index (χ4v) is 1.08. The first kappa shape index (κ1) is 10.3. The fourth-order valence-electron chi connectivity index (χ4n) is 0.967. The van der Waals surface area contributed by atoms with Crippen LogP contribution in [-0.4, -0.2) is 11.1 Å². The number of hydrogen-bond donors (Lipinski definition) is 4. The van der Waals surface area contributed by atoms with Crippen LogP contribution in [0, 0.1) is 0 Å². The van der Waals surface area contributed by atoms with Gasteiger partial charge in [-0.1, -0.05) is 12.1 Å². The number of para-hydroxylation sites is 2. The van der Waals surface area contributed by atoms with Crippen molar-refractivity contribution >= 4 is 34.7 Å². The van der Waals surface area contributed by atoms with Crippen molar-refractivity contribution in [1.29, 1.82) is 0 Å². The van der Waals surface area contributed by atoms with Crippen molar-refractivity contribution < 1.29 is 4.79 Å². The van der Waals surface area contributed by atoms with Crippen LogP contribution in [0.15, 0.2) is 24.3 Å². The van der Waals surface area contributed by atoms with E-state index in [2.05, 4.69) is 22.9 Å². The van der Waals surface area contributed by atoms with E-state index in [-0.39, 0.29) is 5.11 Å². The van der Waals surface area contributed by atoms with Crippen molar-refractivity contribution in [2.24, 2.45) is 11.5 Å². The minimum Gasteiger partial charge on any atom is -0.376 e. The van der Waals surface area contributed by atoms with Gasteiger partial charge in [0.05, 0.1) is 11.4 Å². The number of anilines is 2. The number of primary amides is 1. The van der Waals surface area contributed by atoms with Crippen LogP contribution in [0.2, 0.25) is 0 Å². The Morgan fingerprint density at radius 3 is 2.07 bits per heavy atom. The Balaban J connectivity index is 2.90. The number of benzene rings is 1. The Morgan fingerprint density at radius 1 is 1.14 bits per heavy atom. The molecule has 0 saturated carbocycles. The Morgan fingerprint density at radius 2 is 1.64 bits per heavy atom. The van der Waals surface area contributed by atoms with E-state index >= 15 is 0 Å². The number of amides is 2. The van der Waals surface area contributed by atoms with Crippen LogP contribution < -0.4 is 22.1 Å². The summed E-state index contributed by atoms with van der Waals surface area (Å²) in [6.45, 7) is 0. The van der Waals surface area contributed by atoms with Crippen molar-refractivity contribution in [2.75, 3.05) is 10.6 Å². The molecular weight excluding hydrogens is 200 g/mol. The summed E-state index contributed by atoms with van der Waals surface area (Å²) in [6.07, 6.45) is 0. The second kappa shape index (κ2) is 4.43. The number of carbonyl (C=O) groups excluding carboxylic acids is 1. The van der Waals surface area contributed by atoms with Gasteiger partial charge in [-0.25, -0.2) is 4.79 Å². The molecule has 0 atom stereocenters. The summed E-state index contributed by atoms with van der Waals surface area (Å²) >= 11 is 4.67. The topological polar surface area (TPSA) is 93.2 Å². The average Bonchev–Trinajstić information content (AvgIpc) is 2.06. The van der Waals surface area contributed by atoms with E-state index in [4.69, 9.17) is 11.5 Å². The average molecular weight is 210 g/mol. The standard InChI is InChI=1S/C8H10N4OS/c9-7(13)11-5-3-1-2-4-6(5)12-8(10)14/h1-4H,(H3,9,11,13)(H3,10,12,14). The van der Waals surface area contributed by atoms with Gasteiger partial charge in [-0.2, -0.15) is 0 Å². The highest BCUT2D eigenvalue weighted by Gasteiger charge is 2.02. The van der Waals surface area contributed by atoms with E-state index in [0.29, 0.717) is 11.4 Å². The molecule has 1 rings (SSSR count). The van der Waals surface area contributed by atoms with Gasteiger partial charge in [-0.15, -0.1) is 0 Å². The predicted molar refractivity (Wildman–Crippen MR) is 60.1 cm³/mol. The third-order valence-electron chi connectivity index (χ3n) is 1.44. The van der Waals surface area contributed by atoms with E-state index in [9.17, 15) is 4.79 Å². The first-order valence-electron chi connectivity index (χ1n) is 3.81. The van der Waals surface area contributed by atoms with E-state index in [1.807, 2.05) is 0 Å². The van der Waals surface area contributed by atoms with Gasteiger partial charge < -0.3 is 22.1 Å². The lowest BCUT2D eigenvalue weighted by Crippen LogP contribution is -2.23. The van der Waals surface area contributed by atoms with Gasteiger partial charge in [0.25, 0.3) is 0 Å². The molecule has 0 saturated heterocycles. The van der Waals surface area contributed by atoms with Gasteiger partial charge in [-0.3, -0.25) is 0 Å². The Hall–Kier alpha value is -1.82. The zero-order valence-corrected chi connectivity index (χ0v) is 8.10.